The fraction of sp³-hybridized carbons (Fsp3) is 0.235. The van der Waals surface area contributed by atoms with Crippen LogP contribution in [0, 0.1) is 0 Å². The molecular formula is C17H14F3N3O2. The number of carbonyl (C=O) groups is 1. The molecule has 1 aromatic heterocycles. The summed E-state index contributed by atoms with van der Waals surface area (Å²) in [4.78, 5) is 15.4. The zero-order valence-electron chi connectivity index (χ0n) is 13.2. The highest BCUT2D eigenvalue weighted by Crippen LogP contribution is 2.36. The summed E-state index contributed by atoms with van der Waals surface area (Å²) in [6, 6.07) is 5.95. The maximum atomic E-state index is 12.6. The summed E-state index contributed by atoms with van der Waals surface area (Å²) in [6.45, 7) is 1.37. The molecule has 5 nitrogen and oxygen atoms in total. The van der Waals surface area contributed by atoms with Crippen molar-refractivity contribution in [2.24, 2.45) is 0 Å². The molecule has 1 aromatic carbocycles. The Hall–Kier alpha value is -2.90. The van der Waals surface area contributed by atoms with E-state index in [2.05, 4.69) is 19.9 Å². The van der Waals surface area contributed by atoms with E-state index in [0.717, 1.165) is 5.57 Å². The first kappa shape index (κ1) is 16.9. The van der Waals surface area contributed by atoms with Crippen molar-refractivity contribution in [2.75, 3.05) is 0 Å². The average molecular weight is 349 g/mol. The summed E-state index contributed by atoms with van der Waals surface area (Å²) in [5.41, 5.74) is 1.66. The Balaban J connectivity index is 1.94. The second-order valence-electron chi connectivity index (χ2n) is 5.48. The number of allylic oxidation sites excluding steroid dienone is 4. The third kappa shape index (κ3) is 3.96. The van der Waals surface area contributed by atoms with Crippen molar-refractivity contribution in [3.63, 3.8) is 0 Å². The number of benzene rings is 1. The summed E-state index contributed by atoms with van der Waals surface area (Å²) >= 11 is 0. The number of rotatable bonds is 4. The number of ether oxygens (including phenoxy) is 1. The summed E-state index contributed by atoms with van der Waals surface area (Å²) in [7, 11) is 0. The number of carbonyl (C=O) groups excluding carboxylic acids is 1. The molecule has 25 heavy (non-hydrogen) atoms. The second kappa shape index (κ2) is 6.54. The van der Waals surface area contributed by atoms with Gasteiger partial charge in [0, 0.05) is 12.5 Å². The molecule has 0 fully saturated rings. The minimum absolute atomic E-state index is 0.146. The van der Waals surface area contributed by atoms with E-state index in [9.17, 15) is 18.0 Å². The number of aromatic nitrogens is 3. The minimum atomic E-state index is -4.77. The van der Waals surface area contributed by atoms with Gasteiger partial charge in [-0.25, -0.2) is 4.98 Å². The number of nitrogens with one attached hydrogen (secondary N) is 1. The fourth-order valence-corrected chi connectivity index (χ4v) is 2.55. The van der Waals surface area contributed by atoms with E-state index in [-0.39, 0.29) is 17.4 Å². The first-order chi connectivity index (χ1) is 11.8. The van der Waals surface area contributed by atoms with Crippen LogP contribution in [0.2, 0.25) is 0 Å². The predicted octanol–water partition coefficient (Wildman–Crippen LogP) is 4.17. The van der Waals surface area contributed by atoms with Gasteiger partial charge in [0.05, 0.1) is 0 Å². The molecule has 3 rings (SSSR count). The van der Waals surface area contributed by atoms with E-state index in [1.54, 1.807) is 18.2 Å². The van der Waals surface area contributed by atoms with E-state index >= 15 is 0 Å². The Morgan fingerprint density at radius 1 is 1.28 bits per heavy atom. The molecule has 130 valence electrons. The van der Waals surface area contributed by atoms with Gasteiger partial charge in [-0.15, -0.1) is 13.2 Å². The molecule has 1 aliphatic rings. The molecule has 0 saturated carbocycles. The standard InChI is InChI=1S/C17H14F3N3O2/c1-10(24)15-21-16(23-22-15)12-6-4-5-11(9-12)13-7-2-3-8-14(13)25-17(18,19)20/h2-3,5,7-9H,4,6H2,1H3,(H,21,22,23). The van der Waals surface area contributed by atoms with Crippen LogP contribution in [-0.2, 0) is 0 Å². The van der Waals surface area contributed by atoms with Gasteiger partial charge in [0.1, 0.15) is 5.75 Å². The highest BCUT2D eigenvalue weighted by molar-refractivity contribution is 5.91. The van der Waals surface area contributed by atoms with Crippen molar-refractivity contribution in [3.8, 4) is 5.75 Å². The second-order valence-corrected chi connectivity index (χ2v) is 5.48. The fourth-order valence-electron chi connectivity index (χ4n) is 2.55. The van der Waals surface area contributed by atoms with Crippen molar-refractivity contribution in [3.05, 3.63) is 53.6 Å². The summed E-state index contributed by atoms with van der Waals surface area (Å²) in [6.07, 6.45) is 0.0280. The molecule has 0 aliphatic heterocycles. The number of alkyl halides is 3. The Kier molecular flexibility index (Phi) is 4.43. The van der Waals surface area contributed by atoms with Crippen molar-refractivity contribution in [1.29, 1.82) is 0 Å². The molecule has 0 amide bonds. The van der Waals surface area contributed by atoms with Gasteiger partial charge in [0.2, 0.25) is 0 Å². The number of para-hydroxylation sites is 1. The molecule has 0 spiro atoms. The lowest BCUT2D eigenvalue weighted by atomic mass is 9.93. The minimum Gasteiger partial charge on any atom is -0.405 e. The van der Waals surface area contributed by atoms with Gasteiger partial charge in [0.15, 0.2) is 17.4 Å². The molecule has 0 atom stereocenters. The number of nitrogens with zero attached hydrogens (tertiary/aromatic N) is 2. The Morgan fingerprint density at radius 2 is 2.04 bits per heavy atom. The normalized spacial score (nSPS) is 14.7. The van der Waals surface area contributed by atoms with Crippen LogP contribution in [0.5, 0.6) is 5.75 Å². The lowest BCUT2D eigenvalue weighted by Crippen LogP contribution is -2.18. The van der Waals surface area contributed by atoms with Gasteiger partial charge in [-0.3, -0.25) is 9.89 Å². The van der Waals surface area contributed by atoms with Gasteiger partial charge in [0.25, 0.3) is 0 Å². The molecule has 2 aromatic rings. The smallest absolute Gasteiger partial charge is 0.405 e. The largest absolute Gasteiger partial charge is 0.573 e. The maximum absolute atomic E-state index is 12.6. The van der Waals surface area contributed by atoms with Gasteiger partial charge in [-0.2, -0.15) is 5.10 Å². The quantitative estimate of drug-likeness (QED) is 0.842. The summed E-state index contributed by atoms with van der Waals surface area (Å²) in [5, 5.41) is 6.56. The van der Waals surface area contributed by atoms with Crippen LogP contribution in [0.3, 0.4) is 0 Å². The zero-order chi connectivity index (χ0) is 18.0. The SMILES string of the molecule is CC(=O)c1nc(C2=CC(c3ccccc3OC(F)(F)F)=CCC2)n[nH]1. The molecule has 0 unspecified atom stereocenters. The third-order valence-corrected chi connectivity index (χ3v) is 3.64. The molecule has 0 radical (unpaired) electrons. The molecule has 0 bridgehead atoms. The molecule has 0 saturated heterocycles. The number of hydrogen-bond donors (Lipinski definition) is 1. The highest BCUT2D eigenvalue weighted by atomic mass is 19.4. The molecule has 8 heteroatoms. The van der Waals surface area contributed by atoms with Crippen LogP contribution in [0.4, 0.5) is 13.2 Å². The van der Waals surface area contributed by atoms with Crippen LogP contribution in [0.1, 0.15) is 41.8 Å². The van der Waals surface area contributed by atoms with Gasteiger partial charge in [-0.1, -0.05) is 24.3 Å². The molecular weight excluding hydrogens is 335 g/mol. The van der Waals surface area contributed by atoms with Crippen LogP contribution in [0.25, 0.3) is 11.1 Å². The topological polar surface area (TPSA) is 67.9 Å². The predicted molar refractivity (Wildman–Crippen MR) is 84.7 cm³/mol. The molecule has 1 heterocycles. The van der Waals surface area contributed by atoms with Crippen molar-refractivity contribution in [1.82, 2.24) is 15.2 Å². The summed E-state index contributed by atoms with van der Waals surface area (Å²) < 4.78 is 41.9. The van der Waals surface area contributed by atoms with Crippen LogP contribution >= 0.6 is 0 Å². The van der Waals surface area contributed by atoms with E-state index in [1.807, 2.05) is 6.08 Å². The number of hydrogen-bond acceptors (Lipinski definition) is 4. The van der Waals surface area contributed by atoms with E-state index < -0.39 is 6.36 Å². The number of H-pyrrole nitrogens is 1. The van der Waals surface area contributed by atoms with Gasteiger partial charge < -0.3 is 4.74 Å². The lowest BCUT2D eigenvalue weighted by molar-refractivity contribution is -0.274. The Labute approximate surface area is 141 Å². The summed E-state index contributed by atoms with van der Waals surface area (Å²) in [5.74, 6) is 0.00541. The van der Waals surface area contributed by atoms with Crippen LogP contribution in [0.15, 0.2) is 36.4 Å². The van der Waals surface area contributed by atoms with Gasteiger partial charge >= 0.3 is 6.36 Å². The van der Waals surface area contributed by atoms with Gasteiger partial charge in [-0.05, 0) is 36.1 Å². The maximum Gasteiger partial charge on any atom is 0.573 e. The van der Waals surface area contributed by atoms with Crippen molar-refractivity contribution in [2.45, 2.75) is 26.1 Å². The van der Waals surface area contributed by atoms with E-state index in [0.29, 0.717) is 29.8 Å². The lowest BCUT2D eigenvalue weighted by Gasteiger charge is -2.16. The monoisotopic (exact) mass is 349 g/mol. The average Bonchev–Trinajstić information content (AvgIpc) is 3.04. The number of aromatic amines is 1. The zero-order valence-corrected chi connectivity index (χ0v) is 13.2. The Bertz CT molecular complexity index is 866. The van der Waals surface area contributed by atoms with E-state index in [4.69, 9.17) is 0 Å². The first-order valence-corrected chi connectivity index (χ1v) is 7.53. The Morgan fingerprint density at radius 3 is 2.72 bits per heavy atom. The number of ketones is 1. The number of halogens is 3. The number of Topliss-reactive ketones (excluding diaryl/α,β-unsaturated/α-hetero) is 1. The molecule has 1 N–H and O–H groups in total. The molecule has 1 aliphatic carbocycles. The highest BCUT2D eigenvalue weighted by Gasteiger charge is 2.32. The van der Waals surface area contributed by atoms with Crippen molar-refractivity contribution < 1.29 is 22.7 Å². The van der Waals surface area contributed by atoms with Crippen molar-refractivity contribution >= 4 is 16.9 Å². The third-order valence-electron chi connectivity index (χ3n) is 3.64. The van der Waals surface area contributed by atoms with E-state index in [1.165, 1.54) is 19.1 Å². The first-order valence-electron chi connectivity index (χ1n) is 7.53. The van der Waals surface area contributed by atoms with Crippen LogP contribution < -0.4 is 4.74 Å². The van der Waals surface area contributed by atoms with Crippen LogP contribution in [-0.4, -0.2) is 27.3 Å².